The molecule has 0 heterocycles. The number of nitrogens with one attached hydrogen (secondary N) is 5. The molecule has 8 nitrogen and oxygen atoms in total. The minimum atomic E-state index is -0.336. The maximum absolute atomic E-state index is 12.5. The molecule has 3 rings (SSSR count). The van der Waals surface area contributed by atoms with Gasteiger partial charge in [-0.2, -0.15) is 0 Å². The van der Waals surface area contributed by atoms with Gasteiger partial charge in [0.1, 0.15) is 0 Å². The van der Waals surface area contributed by atoms with Gasteiger partial charge in [0.2, 0.25) is 0 Å². The summed E-state index contributed by atoms with van der Waals surface area (Å²) in [6.45, 7) is 3.90. The van der Waals surface area contributed by atoms with Gasteiger partial charge in [-0.1, -0.05) is 12.1 Å². The third kappa shape index (κ3) is 6.39. The van der Waals surface area contributed by atoms with Crippen molar-refractivity contribution in [2.24, 2.45) is 0 Å². The van der Waals surface area contributed by atoms with Gasteiger partial charge >= 0.3 is 12.1 Å². The van der Waals surface area contributed by atoms with Crippen LogP contribution in [-0.2, 0) is 0 Å². The van der Waals surface area contributed by atoms with Crippen molar-refractivity contribution < 1.29 is 14.4 Å². The van der Waals surface area contributed by atoms with E-state index in [4.69, 9.17) is 0 Å². The highest BCUT2D eigenvalue weighted by Crippen LogP contribution is 2.19. The summed E-state index contributed by atoms with van der Waals surface area (Å²) >= 11 is 0. The fourth-order valence-electron chi connectivity index (χ4n) is 2.50. The second-order valence-electron chi connectivity index (χ2n) is 6.61. The summed E-state index contributed by atoms with van der Waals surface area (Å²) < 4.78 is 0. The highest BCUT2D eigenvalue weighted by atomic mass is 16.2. The van der Waals surface area contributed by atoms with Gasteiger partial charge in [-0.05, 0) is 55.3 Å². The molecule has 0 spiro atoms. The molecule has 0 unspecified atom stereocenters. The fourth-order valence-corrected chi connectivity index (χ4v) is 2.50. The van der Waals surface area contributed by atoms with E-state index in [9.17, 15) is 14.4 Å². The van der Waals surface area contributed by atoms with Crippen LogP contribution in [0.2, 0.25) is 0 Å². The van der Waals surface area contributed by atoms with Crippen LogP contribution in [0, 0.1) is 0 Å². The zero-order chi connectivity index (χ0) is 20.6. The van der Waals surface area contributed by atoms with Crippen molar-refractivity contribution in [1.29, 1.82) is 0 Å². The van der Waals surface area contributed by atoms with E-state index < -0.39 is 0 Å². The van der Waals surface area contributed by atoms with Gasteiger partial charge in [0, 0.05) is 35.2 Å². The van der Waals surface area contributed by atoms with Gasteiger partial charge in [0.05, 0.1) is 0 Å². The first-order valence-electron chi connectivity index (χ1n) is 9.28. The average Bonchev–Trinajstić information content (AvgIpc) is 3.52. The Bertz CT molecular complexity index is 907. The summed E-state index contributed by atoms with van der Waals surface area (Å²) in [6.07, 6.45) is 3.59. The summed E-state index contributed by atoms with van der Waals surface area (Å²) in [5.74, 6) is -0.305. The van der Waals surface area contributed by atoms with Crippen molar-refractivity contribution in [2.75, 3.05) is 22.5 Å². The third-order valence-corrected chi connectivity index (χ3v) is 4.10. The maximum Gasteiger partial charge on any atom is 0.319 e. The van der Waals surface area contributed by atoms with Crippen molar-refractivity contribution in [3.63, 3.8) is 0 Å². The van der Waals surface area contributed by atoms with Crippen molar-refractivity contribution in [3.8, 4) is 0 Å². The van der Waals surface area contributed by atoms with Crippen LogP contribution >= 0.6 is 0 Å². The Hall–Kier alpha value is -3.81. The molecule has 0 aliphatic heterocycles. The molecular weight excluding hydrogens is 370 g/mol. The minimum Gasteiger partial charge on any atom is -0.335 e. The molecule has 5 N–H and O–H groups in total. The first kappa shape index (κ1) is 19.9. The molecular formula is C21H23N5O3. The molecule has 29 heavy (non-hydrogen) atoms. The third-order valence-electron chi connectivity index (χ3n) is 4.10. The molecule has 1 fully saturated rings. The summed E-state index contributed by atoms with van der Waals surface area (Å²) in [6, 6.07) is 13.1. The smallest absolute Gasteiger partial charge is 0.319 e. The molecule has 2 aromatic carbocycles. The largest absolute Gasteiger partial charge is 0.335 e. The van der Waals surface area contributed by atoms with Gasteiger partial charge in [0.15, 0.2) is 0 Å². The number of urea groups is 2. The lowest BCUT2D eigenvalue weighted by Gasteiger charge is -2.10. The number of hydrogen-bond acceptors (Lipinski definition) is 3. The number of benzene rings is 2. The predicted octanol–water partition coefficient (Wildman–Crippen LogP) is 3.53. The van der Waals surface area contributed by atoms with Crippen molar-refractivity contribution in [3.05, 3.63) is 66.7 Å². The Kier molecular flexibility index (Phi) is 6.47. The van der Waals surface area contributed by atoms with E-state index in [-0.39, 0.29) is 24.0 Å². The Balaban J connectivity index is 1.55. The molecule has 8 heteroatoms. The van der Waals surface area contributed by atoms with Gasteiger partial charge in [0.25, 0.3) is 5.91 Å². The molecule has 1 aliphatic carbocycles. The predicted molar refractivity (Wildman–Crippen MR) is 113 cm³/mol. The zero-order valence-corrected chi connectivity index (χ0v) is 15.8. The van der Waals surface area contributed by atoms with Crippen LogP contribution in [0.3, 0.4) is 0 Å². The van der Waals surface area contributed by atoms with E-state index in [0.29, 0.717) is 29.2 Å². The SMILES string of the molecule is C=CCNC(=O)Nc1ccc(NC(=O)c2cccc(NC(=O)NC3CC3)c2)cc1. The summed E-state index contributed by atoms with van der Waals surface area (Å²) in [5, 5.41) is 13.6. The lowest BCUT2D eigenvalue weighted by atomic mass is 10.2. The molecule has 0 saturated heterocycles. The second-order valence-corrected chi connectivity index (χ2v) is 6.61. The van der Waals surface area contributed by atoms with Crippen LogP contribution in [0.4, 0.5) is 26.7 Å². The van der Waals surface area contributed by atoms with E-state index in [2.05, 4.69) is 33.2 Å². The quantitative estimate of drug-likeness (QED) is 0.464. The van der Waals surface area contributed by atoms with Crippen molar-refractivity contribution in [1.82, 2.24) is 10.6 Å². The fraction of sp³-hybridized carbons (Fsp3) is 0.190. The van der Waals surface area contributed by atoms with E-state index >= 15 is 0 Å². The number of rotatable bonds is 7. The lowest BCUT2D eigenvalue weighted by Crippen LogP contribution is -2.30. The first-order valence-corrected chi connectivity index (χ1v) is 9.28. The average molecular weight is 393 g/mol. The van der Waals surface area contributed by atoms with E-state index in [0.717, 1.165) is 12.8 Å². The van der Waals surface area contributed by atoms with Gasteiger partial charge in [-0.3, -0.25) is 4.79 Å². The Morgan fingerprint density at radius 1 is 0.897 bits per heavy atom. The molecule has 2 aromatic rings. The van der Waals surface area contributed by atoms with Crippen LogP contribution in [-0.4, -0.2) is 30.6 Å². The minimum absolute atomic E-state index is 0.256. The van der Waals surface area contributed by atoms with Crippen LogP contribution in [0.25, 0.3) is 0 Å². The lowest BCUT2D eigenvalue weighted by molar-refractivity contribution is 0.102. The second kappa shape index (κ2) is 9.41. The van der Waals surface area contributed by atoms with E-state index in [1.807, 2.05) is 0 Å². The first-order chi connectivity index (χ1) is 14.0. The van der Waals surface area contributed by atoms with Crippen LogP contribution < -0.4 is 26.6 Å². The van der Waals surface area contributed by atoms with Crippen molar-refractivity contribution >= 4 is 35.0 Å². The topological polar surface area (TPSA) is 111 Å². The monoisotopic (exact) mass is 393 g/mol. The van der Waals surface area contributed by atoms with Crippen LogP contribution in [0.15, 0.2) is 61.2 Å². The molecule has 0 atom stereocenters. The maximum atomic E-state index is 12.5. The van der Waals surface area contributed by atoms with Crippen LogP contribution in [0.5, 0.6) is 0 Å². The number of amides is 5. The Labute approximate surface area is 168 Å². The molecule has 0 radical (unpaired) electrons. The standard InChI is InChI=1S/C21H23N5O3/c1-2-12-22-20(28)24-16-8-6-15(7-9-16)23-19(27)14-4-3-5-18(13-14)26-21(29)25-17-10-11-17/h2-9,13,17H,1,10-12H2,(H,23,27)(H2,22,24,28)(H2,25,26,29). The van der Waals surface area contributed by atoms with Gasteiger partial charge in [-0.25, -0.2) is 9.59 Å². The van der Waals surface area contributed by atoms with E-state index in [1.165, 1.54) is 0 Å². The number of anilines is 3. The normalized spacial score (nSPS) is 12.4. The molecule has 5 amide bonds. The highest BCUT2D eigenvalue weighted by Gasteiger charge is 2.23. The van der Waals surface area contributed by atoms with Crippen molar-refractivity contribution in [2.45, 2.75) is 18.9 Å². The summed E-state index contributed by atoms with van der Waals surface area (Å²) in [5.41, 5.74) is 2.13. The molecule has 0 bridgehead atoms. The highest BCUT2D eigenvalue weighted by molar-refractivity contribution is 6.05. The Morgan fingerprint density at radius 3 is 2.21 bits per heavy atom. The zero-order valence-electron chi connectivity index (χ0n) is 15.8. The van der Waals surface area contributed by atoms with E-state index in [1.54, 1.807) is 54.6 Å². The number of carbonyl (C=O) groups is 3. The number of carbonyl (C=O) groups excluding carboxylic acids is 3. The van der Waals surface area contributed by atoms with Crippen LogP contribution in [0.1, 0.15) is 23.2 Å². The molecule has 150 valence electrons. The molecule has 0 aromatic heterocycles. The Morgan fingerprint density at radius 2 is 1.55 bits per heavy atom. The summed E-state index contributed by atoms with van der Waals surface area (Å²) in [7, 11) is 0. The number of hydrogen-bond donors (Lipinski definition) is 5. The molecule has 1 aliphatic rings. The van der Waals surface area contributed by atoms with Gasteiger partial charge < -0.3 is 26.6 Å². The summed E-state index contributed by atoms with van der Waals surface area (Å²) in [4.78, 5) is 35.9. The van der Waals surface area contributed by atoms with Gasteiger partial charge in [-0.15, -0.1) is 6.58 Å². The molecule has 1 saturated carbocycles.